The molecule has 0 fully saturated rings. The lowest BCUT2D eigenvalue weighted by Crippen LogP contribution is -2.07. The number of aryl methyl sites for hydroxylation is 1. The molecule has 7 heteroatoms. The van der Waals surface area contributed by atoms with Gasteiger partial charge in [-0.2, -0.15) is 5.10 Å². The fraction of sp³-hybridized carbons (Fsp3) is 0.0455. The Morgan fingerprint density at radius 2 is 1.86 bits per heavy atom. The van der Waals surface area contributed by atoms with E-state index < -0.39 is 5.63 Å². The van der Waals surface area contributed by atoms with Crippen molar-refractivity contribution in [2.24, 2.45) is 0 Å². The Morgan fingerprint density at radius 1 is 1.07 bits per heavy atom. The Balaban J connectivity index is 1.63. The molecule has 29 heavy (non-hydrogen) atoms. The monoisotopic (exact) mass is 419 g/mol. The van der Waals surface area contributed by atoms with Gasteiger partial charge in [-0.15, -0.1) is 11.3 Å². The van der Waals surface area contributed by atoms with Gasteiger partial charge in [0.15, 0.2) is 0 Å². The highest BCUT2D eigenvalue weighted by molar-refractivity contribution is 7.12. The maximum atomic E-state index is 12.6. The molecule has 5 aromatic rings. The second-order valence-electron chi connectivity index (χ2n) is 6.59. The van der Waals surface area contributed by atoms with Gasteiger partial charge in [0.1, 0.15) is 5.58 Å². The molecule has 3 heterocycles. The van der Waals surface area contributed by atoms with Gasteiger partial charge in [-0.3, -0.25) is 0 Å². The molecule has 0 saturated carbocycles. The van der Waals surface area contributed by atoms with Gasteiger partial charge < -0.3 is 4.42 Å². The number of hydrogen-bond donors (Lipinski definition) is 0. The van der Waals surface area contributed by atoms with Crippen molar-refractivity contribution < 1.29 is 4.42 Å². The summed E-state index contributed by atoms with van der Waals surface area (Å²) in [5, 5.41) is 8.73. The predicted octanol–water partition coefficient (Wildman–Crippen LogP) is 5.73. The molecule has 142 valence electrons. The van der Waals surface area contributed by atoms with Crippen LogP contribution in [-0.4, -0.2) is 14.8 Å². The molecule has 5 rings (SSSR count). The molecular weight excluding hydrogens is 406 g/mol. The third kappa shape index (κ3) is 3.26. The third-order valence-corrected chi connectivity index (χ3v) is 5.63. The average molecular weight is 420 g/mol. The Hall–Kier alpha value is -3.22. The SMILES string of the molecule is Cc1cc(-c2cc3ccccc3oc2=O)n(-c2nc(-c3ccc(Cl)cc3)cs2)n1. The Labute approximate surface area is 174 Å². The molecule has 0 aliphatic rings. The number of benzene rings is 2. The molecule has 0 aliphatic carbocycles. The Bertz CT molecular complexity index is 1400. The van der Waals surface area contributed by atoms with E-state index in [9.17, 15) is 4.79 Å². The van der Waals surface area contributed by atoms with E-state index in [2.05, 4.69) is 5.10 Å². The topological polar surface area (TPSA) is 60.9 Å². The second kappa shape index (κ2) is 6.99. The number of fused-ring (bicyclic) bond motifs is 1. The summed E-state index contributed by atoms with van der Waals surface area (Å²) >= 11 is 7.43. The van der Waals surface area contributed by atoms with Gasteiger partial charge in [-0.25, -0.2) is 14.5 Å². The molecule has 0 atom stereocenters. The summed E-state index contributed by atoms with van der Waals surface area (Å²) in [7, 11) is 0. The van der Waals surface area contributed by atoms with Crippen LogP contribution in [0, 0.1) is 6.92 Å². The molecule has 2 aromatic carbocycles. The zero-order valence-corrected chi connectivity index (χ0v) is 16.9. The average Bonchev–Trinajstić information content (AvgIpc) is 3.35. The number of nitrogens with zero attached hydrogens (tertiary/aromatic N) is 3. The van der Waals surface area contributed by atoms with Crippen molar-refractivity contribution in [2.45, 2.75) is 6.92 Å². The van der Waals surface area contributed by atoms with Crippen molar-refractivity contribution in [1.29, 1.82) is 0 Å². The summed E-state index contributed by atoms with van der Waals surface area (Å²) in [6, 6.07) is 18.7. The van der Waals surface area contributed by atoms with Gasteiger partial charge in [0, 0.05) is 21.4 Å². The van der Waals surface area contributed by atoms with E-state index in [1.807, 2.05) is 66.9 Å². The lowest BCUT2D eigenvalue weighted by molar-refractivity contribution is 0.562. The lowest BCUT2D eigenvalue weighted by Gasteiger charge is -2.04. The molecule has 0 N–H and O–H groups in total. The molecule has 0 radical (unpaired) electrons. The van der Waals surface area contributed by atoms with Crippen LogP contribution in [0.5, 0.6) is 0 Å². The van der Waals surface area contributed by atoms with E-state index >= 15 is 0 Å². The minimum atomic E-state index is -0.403. The van der Waals surface area contributed by atoms with Gasteiger partial charge in [-0.05, 0) is 37.3 Å². The fourth-order valence-corrected chi connectivity index (χ4v) is 4.11. The normalized spacial score (nSPS) is 11.2. The minimum absolute atomic E-state index is 0.403. The first-order valence-electron chi connectivity index (χ1n) is 8.90. The summed E-state index contributed by atoms with van der Waals surface area (Å²) in [6.45, 7) is 1.89. The van der Waals surface area contributed by atoms with E-state index in [0.717, 1.165) is 22.3 Å². The highest BCUT2D eigenvalue weighted by atomic mass is 35.5. The van der Waals surface area contributed by atoms with Gasteiger partial charge >= 0.3 is 5.63 Å². The van der Waals surface area contributed by atoms with E-state index in [1.165, 1.54) is 11.3 Å². The molecular formula is C22H14ClN3O2S. The van der Waals surface area contributed by atoms with Crippen molar-refractivity contribution >= 4 is 33.9 Å². The highest BCUT2D eigenvalue weighted by Gasteiger charge is 2.17. The fourth-order valence-electron chi connectivity index (χ4n) is 3.19. The Kier molecular flexibility index (Phi) is 4.30. The van der Waals surface area contributed by atoms with Crippen LogP contribution in [-0.2, 0) is 0 Å². The van der Waals surface area contributed by atoms with Gasteiger partial charge in [0.25, 0.3) is 0 Å². The molecule has 0 unspecified atom stereocenters. The van der Waals surface area contributed by atoms with Crippen LogP contribution < -0.4 is 5.63 Å². The number of para-hydroxylation sites is 1. The summed E-state index contributed by atoms with van der Waals surface area (Å²) in [6.07, 6.45) is 0. The predicted molar refractivity (Wildman–Crippen MR) is 116 cm³/mol. The number of halogens is 1. The maximum Gasteiger partial charge on any atom is 0.345 e. The largest absolute Gasteiger partial charge is 0.422 e. The van der Waals surface area contributed by atoms with E-state index in [4.69, 9.17) is 21.0 Å². The first-order valence-corrected chi connectivity index (χ1v) is 10.2. The van der Waals surface area contributed by atoms with Crippen molar-refractivity contribution in [1.82, 2.24) is 14.8 Å². The quantitative estimate of drug-likeness (QED) is 0.350. The zero-order chi connectivity index (χ0) is 20.0. The van der Waals surface area contributed by atoms with Crippen LogP contribution >= 0.6 is 22.9 Å². The van der Waals surface area contributed by atoms with Gasteiger partial charge in [0.2, 0.25) is 5.13 Å². The Morgan fingerprint density at radius 3 is 2.69 bits per heavy atom. The second-order valence-corrected chi connectivity index (χ2v) is 7.86. The molecule has 0 bridgehead atoms. The van der Waals surface area contributed by atoms with Crippen LogP contribution in [0.25, 0.3) is 38.6 Å². The van der Waals surface area contributed by atoms with Crippen molar-refractivity contribution in [3.05, 3.63) is 87.2 Å². The smallest absolute Gasteiger partial charge is 0.345 e. The molecule has 3 aromatic heterocycles. The van der Waals surface area contributed by atoms with Gasteiger partial charge in [-0.1, -0.05) is 41.9 Å². The molecule has 0 spiro atoms. The highest BCUT2D eigenvalue weighted by Crippen LogP contribution is 2.29. The van der Waals surface area contributed by atoms with Crippen LogP contribution in [0.4, 0.5) is 0 Å². The number of thiazole rings is 1. The van der Waals surface area contributed by atoms with Crippen molar-refractivity contribution in [2.75, 3.05) is 0 Å². The summed E-state index contributed by atoms with van der Waals surface area (Å²) in [5.41, 5.74) is 3.84. The maximum absolute atomic E-state index is 12.6. The zero-order valence-electron chi connectivity index (χ0n) is 15.3. The minimum Gasteiger partial charge on any atom is -0.422 e. The number of hydrogen-bond acceptors (Lipinski definition) is 5. The first-order chi connectivity index (χ1) is 14.1. The van der Waals surface area contributed by atoms with Crippen LogP contribution in [0.3, 0.4) is 0 Å². The van der Waals surface area contributed by atoms with Crippen molar-refractivity contribution in [3.8, 4) is 27.6 Å². The lowest BCUT2D eigenvalue weighted by atomic mass is 10.1. The summed E-state index contributed by atoms with van der Waals surface area (Å²) in [5.74, 6) is 0. The molecule has 0 amide bonds. The van der Waals surface area contributed by atoms with E-state index in [1.54, 1.807) is 10.7 Å². The standard InChI is InChI=1S/C22H14ClN3O2S/c1-13-10-19(17-11-15-4-2-3-5-20(15)28-21(17)27)26(25-13)22-24-18(12-29-22)14-6-8-16(23)9-7-14/h2-12H,1H3. The van der Waals surface area contributed by atoms with Gasteiger partial charge in [0.05, 0.1) is 22.6 Å². The molecule has 5 nitrogen and oxygen atoms in total. The van der Waals surface area contributed by atoms with Crippen LogP contribution in [0.1, 0.15) is 5.69 Å². The summed E-state index contributed by atoms with van der Waals surface area (Å²) in [4.78, 5) is 17.4. The van der Waals surface area contributed by atoms with E-state index in [-0.39, 0.29) is 0 Å². The molecule has 0 aliphatic heterocycles. The van der Waals surface area contributed by atoms with Crippen LogP contribution in [0.15, 0.2) is 75.3 Å². The number of rotatable bonds is 3. The van der Waals surface area contributed by atoms with Crippen molar-refractivity contribution in [3.63, 3.8) is 0 Å². The first kappa shape index (κ1) is 17.8. The van der Waals surface area contributed by atoms with E-state index in [0.29, 0.717) is 27.0 Å². The molecule has 0 saturated heterocycles. The number of aromatic nitrogens is 3. The third-order valence-electron chi connectivity index (χ3n) is 4.56. The summed E-state index contributed by atoms with van der Waals surface area (Å²) < 4.78 is 7.20. The van der Waals surface area contributed by atoms with Crippen LogP contribution in [0.2, 0.25) is 5.02 Å².